The highest BCUT2D eigenvalue weighted by molar-refractivity contribution is 6.35. The molecule has 0 aromatic carbocycles. The van der Waals surface area contributed by atoms with Gasteiger partial charge in [0, 0.05) is 44.4 Å². The third-order valence-corrected chi connectivity index (χ3v) is 5.94. The normalized spacial score (nSPS) is 18.5. The molecule has 0 radical (unpaired) electrons. The molecule has 1 aliphatic carbocycles. The SMILES string of the molecule is C=CC(=O)N(C)C1CC(Oc2nc(Nc3cnn(CC(O)NC(C)C)c3)nc3[nH]cc(Cl)c23)C1. The third-order valence-electron chi connectivity index (χ3n) is 5.64. The summed E-state index contributed by atoms with van der Waals surface area (Å²) in [4.78, 5) is 25.5. The molecule has 3 aromatic heterocycles. The molecule has 1 fully saturated rings. The number of aliphatic hydroxyl groups excluding tert-OH is 1. The average Bonchev–Trinajstić information content (AvgIpc) is 3.34. The van der Waals surface area contributed by atoms with Crippen molar-refractivity contribution in [3.8, 4) is 5.88 Å². The van der Waals surface area contributed by atoms with Crippen molar-refractivity contribution in [2.24, 2.45) is 0 Å². The van der Waals surface area contributed by atoms with Crippen LogP contribution in [0.3, 0.4) is 0 Å². The molecule has 1 unspecified atom stereocenters. The first kappa shape index (κ1) is 24.0. The summed E-state index contributed by atoms with van der Waals surface area (Å²) in [7, 11) is 1.76. The van der Waals surface area contributed by atoms with E-state index in [1.165, 1.54) is 6.08 Å². The summed E-state index contributed by atoms with van der Waals surface area (Å²) in [6.07, 6.45) is 6.89. The van der Waals surface area contributed by atoms with Gasteiger partial charge in [-0.05, 0) is 19.9 Å². The van der Waals surface area contributed by atoms with Crippen molar-refractivity contribution in [1.82, 2.24) is 34.9 Å². The van der Waals surface area contributed by atoms with Gasteiger partial charge in [-0.2, -0.15) is 15.1 Å². The number of fused-ring (bicyclic) bond motifs is 1. The maximum atomic E-state index is 11.8. The van der Waals surface area contributed by atoms with E-state index in [0.29, 0.717) is 53.0 Å². The van der Waals surface area contributed by atoms with E-state index in [9.17, 15) is 9.90 Å². The molecular weight excluding hydrogens is 460 g/mol. The first-order valence-corrected chi connectivity index (χ1v) is 11.5. The Hall–Kier alpha value is -3.15. The van der Waals surface area contributed by atoms with Gasteiger partial charge in [-0.3, -0.25) is 14.8 Å². The lowest BCUT2D eigenvalue weighted by Gasteiger charge is -2.40. The number of halogens is 1. The van der Waals surface area contributed by atoms with E-state index in [1.54, 1.807) is 35.2 Å². The minimum atomic E-state index is -0.714. The lowest BCUT2D eigenvalue weighted by molar-refractivity contribution is -0.130. The number of hydrogen-bond donors (Lipinski definition) is 4. The van der Waals surface area contributed by atoms with Gasteiger partial charge >= 0.3 is 0 Å². The number of ether oxygens (including phenoxy) is 1. The van der Waals surface area contributed by atoms with Crippen LogP contribution in [0.1, 0.15) is 26.7 Å². The summed E-state index contributed by atoms with van der Waals surface area (Å²) < 4.78 is 7.77. The van der Waals surface area contributed by atoms with E-state index in [0.717, 1.165) is 0 Å². The third kappa shape index (κ3) is 5.32. The summed E-state index contributed by atoms with van der Waals surface area (Å²) in [5, 5.41) is 21.5. The lowest BCUT2D eigenvalue weighted by atomic mass is 9.88. The number of aromatic nitrogens is 5. The van der Waals surface area contributed by atoms with Crippen LogP contribution < -0.4 is 15.4 Å². The standard InChI is InChI=1S/C22H29ClN8O3/c1-5-18(33)30(4)14-6-15(7-14)34-21-19-16(23)9-24-20(19)28-22(29-21)27-13-8-25-31(10-13)11-17(32)26-12(2)3/h5,8-10,12,14-15,17,26,32H,1,6-7,11H2,2-4H3,(H2,24,27,28,29). The fourth-order valence-corrected chi connectivity index (χ4v) is 4.03. The summed E-state index contributed by atoms with van der Waals surface area (Å²) >= 11 is 6.34. The number of hydrogen-bond acceptors (Lipinski definition) is 8. The topological polar surface area (TPSA) is 133 Å². The number of amides is 1. The van der Waals surface area contributed by atoms with Gasteiger partial charge < -0.3 is 25.0 Å². The number of carbonyl (C=O) groups is 1. The smallest absolute Gasteiger partial charge is 0.245 e. The van der Waals surface area contributed by atoms with Crippen LogP contribution in [-0.4, -0.2) is 72.1 Å². The van der Waals surface area contributed by atoms with Crippen molar-refractivity contribution in [2.75, 3.05) is 12.4 Å². The van der Waals surface area contributed by atoms with E-state index in [2.05, 4.69) is 37.3 Å². The van der Waals surface area contributed by atoms with Gasteiger partial charge in [0.05, 0.1) is 28.8 Å². The Kier molecular flexibility index (Phi) is 7.05. The first-order chi connectivity index (χ1) is 16.2. The highest BCUT2D eigenvalue weighted by atomic mass is 35.5. The maximum Gasteiger partial charge on any atom is 0.245 e. The monoisotopic (exact) mass is 488 g/mol. The molecule has 34 heavy (non-hydrogen) atoms. The second-order valence-corrected chi connectivity index (χ2v) is 9.05. The van der Waals surface area contributed by atoms with Gasteiger partial charge in [0.2, 0.25) is 17.7 Å². The van der Waals surface area contributed by atoms with Gasteiger partial charge in [0.1, 0.15) is 18.0 Å². The zero-order valence-corrected chi connectivity index (χ0v) is 20.1. The second kappa shape index (κ2) is 10.00. The summed E-state index contributed by atoms with van der Waals surface area (Å²) in [5.74, 6) is 0.571. The average molecular weight is 489 g/mol. The minimum absolute atomic E-state index is 0.0958. The summed E-state index contributed by atoms with van der Waals surface area (Å²) in [5.41, 5.74) is 1.20. The molecule has 1 saturated carbocycles. The molecule has 0 spiro atoms. The molecule has 3 heterocycles. The Bertz CT molecular complexity index is 1170. The Labute approximate surface area is 202 Å². The molecule has 182 valence electrons. The predicted molar refractivity (Wildman–Crippen MR) is 129 cm³/mol. The molecule has 1 atom stereocenters. The van der Waals surface area contributed by atoms with Crippen LogP contribution in [0, 0.1) is 0 Å². The zero-order valence-electron chi connectivity index (χ0n) is 19.3. The van der Waals surface area contributed by atoms with E-state index < -0.39 is 6.23 Å². The van der Waals surface area contributed by atoms with Crippen molar-refractivity contribution in [3.63, 3.8) is 0 Å². The van der Waals surface area contributed by atoms with Crippen LogP contribution >= 0.6 is 11.6 Å². The van der Waals surface area contributed by atoms with Crippen molar-refractivity contribution in [1.29, 1.82) is 0 Å². The maximum absolute atomic E-state index is 11.8. The Morgan fingerprint density at radius 3 is 2.94 bits per heavy atom. The number of rotatable bonds is 10. The van der Waals surface area contributed by atoms with Crippen LogP contribution in [0.5, 0.6) is 5.88 Å². The number of aromatic amines is 1. The van der Waals surface area contributed by atoms with Gasteiger partial charge in [0.25, 0.3) is 0 Å². The van der Waals surface area contributed by atoms with Crippen LogP contribution in [0.4, 0.5) is 11.6 Å². The van der Waals surface area contributed by atoms with Gasteiger partial charge in [0.15, 0.2) is 0 Å². The Morgan fingerprint density at radius 1 is 1.47 bits per heavy atom. The van der Waals surface area contributed by atoms with Crippen molar-refractivity contribution >= 4 is 40.2 Å². The quantitative estimate of drug-likeness (QED) is 0.252. The largest absolute Gasteiger partial charge is 0.474 e. The van der Waals surface area contributed by atoms with E-state index in [1.807, 2.05) is 13.8 Å². The molecule has 11 nitrogen and oxygen atoms in total. The van der Waals surface area contributed by atoms with Crippen LogP contribution in [0.2, 0.25) is 5.02 Å². The minimum Gasteiger partial charge on any atom is -0.474 e. The zero-order chi connectivity index (χ0) is 24.4. The fourth-order valence-electron chi connectivity index (χ4n) is 3.81. The van der Waals surface area contributed by atoms with Crippen LogP contribution in [0.15, 0.2) is 31.2 Å². The molecule has 0 bridgehead atoms. The summed E-state index contributed by atoms with van der Waals surface area (Å²) in [6.45, 7) is 7.75. The molecule has 12 heteroatoms. The molecule has 4 N–H and O–H groups in total. The number of nitrogens with one attached hydrogen (secondary N) is 3. The second-order valence-electron chi connectivity index (χ2n) is 8.64. The Morgan fingerprint density at radius 2 is 2.24 bits per heavy atom. The Balaban J connectivity index is 1.46. The van der Waals surface area contributed by atoms with E-state index >= 15 is 0 Å². The number of H-pyrrole nitrogens is 1. The molecule has 1 amide bonds. The first-order valence-electron chi connectivity index (χ1n) is 11.1. The highest BCUT2D eigenvalue weighted by Crippen LogP contribution is 2.35. The number of likely N-dealkylation sites (N-methyl/N-ethyl adjacent to an activating group) is 1. The predicted octanol–water partition coefficient (Wildman–Crippen LogP) is 2.42. The molecule has 0 saturated heterocycles. The van der Waals surface area contributed by atoms with Crippen molar-refractivity contribution in [3.05, 3.63) is 36.3 Å². The highest BCUT2D eigenvalue weighted by Gasteiger charge is 2.36. The lowest BCUT2D eigenvalue weighted by Crippen LogP contribution is -2.49. The molecular formula is C22H29ClN8O3. The summed E-state index contributed by atoms with van der Waals surface area (Å²) in [6, 6.07) is 0.252. The van der Waals surface area contributed by atoms with Crippen LogP contribution in [-0.2, 0) is 11.3 Å². The van der Waals surface area contributed by atoms with E-state index in [4.69, 9.17) is 16.3 Å². The van der Waals surface area contributed by atoms with Crippen molar-refractivity contribution in [2.45, 2.75) is 57.6 Å². The number of carbonyl (C=O) groups excluding carboxylic acids is 1. The van der Waals surface area contributed by atoms with Gasteiger partial charge in [-0.25, -0.2) is 0 Å². The molecule has 3 aromatic rings. The molecule has 4 rings (SSSR count). The number of anilines is 2. The van der Waals surface area contributed by atoms with Gasteiger partial charge in [-0.1, -0.05) is 18.2 Å². The number of nitrogens with zero attached hydrogens (tertiary/aromatic N) is 5. The molecule has 0 aliphatic heterocycles. The number of aliphatic hydroxyl groups is 1. The van der Waals surface area contributed by atoms with Gasteiger partial charge in [-0.15, -0.1) is 0 Å². The molecule has 1 aliphatic rings. The fraction of sp³-hybridized carbons (Fsp3) is 0.455. The van der Waals surface area contributed by atoms with E-state index in [-0.39, 0.29) is 24.1 Å². The van der Waals surface area contributed by atoms with Crippen molar-refractivity contribution < 1.29 is 14.6 Å². The van der Waals surface area contributed by atoms with Crippen LogP contribution in [0.25, 0.3) is 11.0 Å².